The van der Waals surface area contributed by atoms with Crippen molar-refractivity contribution in [2.45, 2.75) is 18.9 Å². The van der Waals surface area contributed by atoms with Gasteiger partial charge in [0.15, 0.2) is 16.2 Å². The fourth-order valence-corrected chi connectivity index (χ4v) is 2.90. The summed E-state index contributed by atoms with van der Waals surface area (Å²) in [6.07, 6.45) is 1.66. The number of ether oxygens (including phenoxy) is 1. The molecular formula is C16H19BrN4O3. The van der Waals surface area contributed by atoms with E-state index in [0.717, 1.165) is 18.7 Å². The predicted molar refractivity (Wildman–Crippen MR) is 92.3 cm³/mol. The van der Waals surface area contributed by atoms with Crippen LogP contribution in [0.5, 0.6) is 5.88 Å². The fraction of sp³-hybridized carbons (Fsp3) is 0.438. The summed E-state index contributed by atoms with van der Waals surface area (Å²) in [7, 11) is 3.81. The van der Waals surface area contributed by atoms with Gasteiger partial charge >= 0.3 is 0 Å². The molecule has 0 aromatic carbocycles. The summed E-state index contributed by atoms with van der Waals surface area (Å²) in [5, 5.41) is 8.18. The van der Waals surface area contributed by atoms with Gasteiger partial charge in [-0.15, -0.1) is 10.2 Å². The lowest BCUT2D eigenvalue weighted by molar-refractivity contribution is 0.0497. The maximum absolute atomic E-state index is 12.5. The molecule has 0 saturated carbocycles. The number of hydrogen-bond acceptors (Lipinski definition) is 6. The monoisotopic (exact) mass is 394 g/mol. The first-order chi connectivity index (χ1) is 11.5. The first-order valence-electron chi connectivity index (χ1n) is 7.75. The van der Waals surface area contributed by atoms with Crippen LogP contribution in [0, 0.1) is 0 Å². The number of piperidine rings is 1. The number of hydrogen-bond donors (Lipinski definition) is 0. The Balaban J connectivity index is 1.62. The molecule has 1 amide bonds. The molecule has 1 unspecified atom stereocenters. The minimum Gasteiger partial charge on any atom is -0.471 e. The molecular weight excluding hydrogens is 376 g/mol. The molecule has 8 heteroatoms. The van der Waals surface area contributed by atoms with E-state index < -0.39 is 0 Å². The summed E-state index contributed by atoms with van der Waals surface area (Å²) in [5.74, 6) is 1.45. The van der Waals surface area contributed by atoms with Crippen LogP contribution in [0.25, 0.3) is 0 Å². The van der Waals surface area contributed by atoms with E-state index >= 15 is 0 Å². The lowest BCUT2D eigenvalue weighted by Crippen LogP contribution is -2.44. The van der Waals surface area contributed by atoms with E-state index in [1.165, 1.54) is 0 Å². The number of carbonyl (C=O) groups excluding carboxylic acids is 1. The third-order valence-electron chi connectivity index (χ3n) is 3.82. The van der Waals surface area contributed by atoms with Gasteiger partial charge in [-0.25, -0.2) is 0 Å². The van der Waals surface area contributed by atoms with Gasteiger partial charge in [0.1, 0.15) is 6.10 Å². The van der Waals surface area contributed by atoms with Gasteiger partial charge in [0.05, 0.1) is 6.54 Å². The van der Waals surface area contributed by atoms with Gasteiger partial charge in [-0.05, 0) is 47.0 Å². The van der Waals surface area contributed by atoms with E-state index in [2.05, 4.69) is 26.1 Å². The molecule has 1 saturated heterocycles. The van der Waals surface area contributed by atoms with Crippen LogP contribution in [0.15, 0.2) is 33.4 Å². The molecule has 1 aliphatic heterocycles. The van der Waals surface area contributed by atoms with E-state index in [1.807, 2.05) is 25.1 Å². The Kier molecular flexibility index (Phi) is 5.03. The van der Waals surface area contributed by atoms with Crippen molar-refractivity contribution in [3.8, 4) is 5.88 Å². The molecule has 1 aliphatic rings. The molecule has 3 rings (SSSR count). The Hall–Kier alpha value is -2.09. The normalized spacial score (nSPS) is 17.6. The van der Waals surface area contributed by atoms with Gasteiger partial charge in [-0.2, -0.15) is 0 Å². The molecule has 0 spiro atoms. The number of carbonyl (C=O) groups is 1. The molecule has 0 radical (unpaired) electrons. The van der Waals surface area contributed by atoms with Crippen LogP contribution < -0.4 is 9.64 Å². The first kappa shape index (κ1) is 16.8. The Morgan fingerprint density at radius 2 is 2.17 bits per heavy atom. The molecule has 2 aromatic rings. The second-order valence-corrected chi connectivity index (χ2v) is 6.64. The highest BCUT2D eigenvalue weighted by atomic mass is 79.9. The van der Waals surface area contributed by atoms with Crippen LogP contribution in [0.1, 0.15) is 23.4 Å². The molecule has 24 heavy (non-hydrogen) atoms. The van der Waals surface area contributed by atoms with Crippen molar-refractivity contribution in [2.75, 3.05) is 32.1 Å². The van der Waals surface area contributed by atoms with Gasteiger partial charge in [0.25, 0.3) is 5.91 Å². The lowest BCUT2D eigenvalue weighted by atomic mass is 10.1. The van der Waals surface area contributed by atoms with E-state index in [4.69, 9.17) is 9.15 Å². The van der Waals surface area contributed by atoms with Crippen LogP contribution in [0.3, 0.4) is 0 Å². The van der Waals surface area contributed by atoms with Crippen molar-refractivity contribution in [1.82, 2.24) is 15.1 Å². The number of likely N-dealkylation sites (tertiary alicyclic amines) is 1. The Labute approximate surface area is 148 Å². The van der Waals surface area contributed by atoms with Crippen molar-refractivity contribution >= 4 is 27.7 Å². The zero-order valence-electron chi connectivity index (χ0n) is 13.6. The number of halogens is 1. The zero-order chi connectivity index (χ0) is 17.1. The smallest absolute Gasteiger partial charge is 0.289 e. The second kappa shape index (κ2) is 7.21. The Bertz CT molecular complexity index is 702. The van der Waals surface area contributed by atoms with Crippen LogP contribution in [-0.2, 0) is 0 Å². The maximum atomic E-state index is 12.5. The standard InChI is InChI=1S/C16H19BrN4O3/c1-20(2)14-7-8-15(19-18-14)23-11-4-3-9-21(10-11)16(22)12-5-6-13(17)24-12/h5-8,11H,3-4,9-10H2,1-2H3. The van der Waals surface area contributed by atoms with Crippen LogP contribution in [0.2, 0.25) is 0 Å². The Morgan fingerprint density at radius 3 is 2.79 bits per heavy atom. The number of aromatic nitrogens is 2. The van der Waals surface area contributed by atoms with Crippen molar-refractivity contribution < 1.29 is 13.9 Å². The minimum absolute atomic E-state index is 0.0967. The topological polar surface area (TPSA) is 71.7 Å². The van der Waals surface area contributed by atoms with E-state index in [0.29, 0.717) is 29.4 Å². The number of nitrogens with zero attached hydrogens (tertiary/aromatic N) is 4. The molecule has 2 aromatic heterocycles. The quantitative estimate of drug-likeness (QED) is 0.793. The number of furan rings is 1. The van der Waals surface area contributed by atoms with Gasteiger partial charge < -0.3 is 19.0 Å². The fourth-order valence-electron chi connectivity index (χ4n) is 2.59. The summed E-state index contributed by atoms with van der Waals surface area (Å²) < 4.78 is 11.8. The third-order valence-corrected chi connectivity index (χ3v) is 4.25. The molecule has 3 heterocycles. The van der Waals surface area contributed by atoms with E-state index in [9.17, 15) is 4.79 Å². The van der Waals surface area contributed by atoms with Crippen molar-refractivity contribution in [3.63, 3.8) is 0 Å². The van der Waals surface area contributed by atoms with Gasteiger partial charge in [-0.1, -0.05) is 0 Å². The average Bonchev–Trinajstić information content (AvgIpc) is 3.01. The van der Waals surface area contributed by atoms with Crippen LogP contribution in [0.4, 0.5) is 5.82 Å². The number of anilines is 1. The lowest BCUT2D eigenvalue weighted by Gasteiger charge is -2.32. The maximum Gasteiger partial charge on any atom is 0.289 e. The molecule has 1 fully saturated rings. The first-order valence-corrected chi connectivity index (χ1v) is 8.54. The molecule has 1 atom stereocenters. The highest BCUT2D eigenvalue weighted by Crippen LogP contribution is 2.21. The molecule has 0 aliphatic carbocycles. The summed E-state index contributed by atoms with van der Waals surface area (Å²) in [6.45, 7) is 1.20. The largest absolute Gasteiger partial charge is 0.471 e. The van der Waals surface area contributed by atoms with Crippen molar-refractivity contribution in [2.24, 2.45) is 0 Å². The summed E-state index contributed by atoms with van der Waals surface area (Å²) in [4.78, 5) is 16.1. The molecule has 0 bridgehead atoms. The molecule has 7 nitrogen and oxygen atoms in total. The predicted octanol–water partition coefficient (Wildman–Crippen LogP) is 2.58. The van der Waals surface area contributed by atoms with E-state index in [1.54, 1.807) is 23.1 Å². The van der Waals surface area contributed by atoms with Gasteiger partial charge in [-0.3, -0.25) is 4.79 Å². The Morgan fingerprint density at radius 1 is 1.33 bits per heavy atom. The summed E-state index contributed by atoms with van der Waals surface area (Å²) in [6, 6.07) is 7.04. The highest BCUT2D eigenvalue weighted by molar-refractivity contribution is 9.10. The second-order valence-electron chi connectivity index (χ2n) is 5.86. The van der Waals surface area contributed by atoms with E-state index in [-0.39, 0.29) is 12.0 Å². The average molecular weight is 395 g/mol. The van der Waals surface area contributed by atoms with Crippen LogP contribution in [-0.4, -0.2) is 54.3 Å². The van der Waals surface area contributed by atoms with Crippen LogP contribution >= 0.6 is 15.9 Å². The van der Waals surface area contributed by atoms with Crippen molar-refractivity contribution in [3.05, 3.63) is 34.7 Å². The molecule has 0 N–H and O–H groups in total. The zero-order valence-corrected chi connectivity index (χ0v) is 15.2. The number of rotatable bonds is 4. The van der Waals surface area contributed by atoms with Crippen molar-refractivity contribution in [1.29, 1.82) is 0 Å². The molecule has 128 valence electrons. The minimum atomic E-state index is -0.122. The highest BCUT2D eigenvalue weighted by Gasteiger charge is 2.27. The number of amides is 1. The van der Waals surface area contributed by atoms with Gasteiger partial charge in [0.2, 0.25) is 5.88 Å². The third kappa shape index (κ3) is 3.87. The summed E-state index contributed by atoms with van der Waals surface area (Å²) >= 11 is 3.22. The SMILES string of the molecule is CN(C)c1ccc(OC2CCCN(C(=O)c3ccc(Br)o3)C2)nn1. The summed E-state index contributed by atoms with van der Waals surface area (Å²) in [5.41, 5.74) is 0. The van der Waals surface area contributed by atoms with Gasteiger partial charge in [0, 0.05) is 26.7 Å².